The van der Waals surface area contributed by atoms with Crippen LogP contribution < -0.4 is 4.74 Å². The standard InChI is InChI=1S/C21H24ClN3O2S/c1-6-11-24-28(5,26)18-10-8-9-17(13-18)27-21-14-19(22)20(12-16(21)3)23-15-25(4)7-2/h1,8-10,12-15H,7,11H2,2-5H3/b23-15-. The van der Waals surface area contributed by atoms with Crippen molar-refractivity contribution in [1.29, 1.82) is 0 Å². The summed E-state index contributed by atoms with van der Waals surface area (Å²) < 4.78 is 22.8. The molecule has 0 amide bonds. The third-order valence-corrected chi connectivity index (χ3v) is 6.06. The van der Waals surface area contributed by atoms with Gasteiger partial charge in [0.2, 0.25) is 0 Å². The molecular weight excluding hydrogens is 394 g/mol. The normalized spacial score (nSPS) is 13.0. The SMILES string of the molecule is C#CCN=S(C)(=O)c1cccc(Oc2cc(Cl)c(/N=C\N(C)CC)cc2C)c1. The van der Waals surface area contributed by atoms with Gasteiger partial charge in [0.1, 0.15) is 18.0 Å². The molecule has 0 spiro atoms. The third-order valence-electron chi connectivity index (χ3n) is 4.01. The number of hydrogen-bond donors (Lipinski definition) is 0. The zero-order chi connectivity index (χ0) is 20.7. The minimum absolute atomic E-state index is 0.102. The van der Waals surface area contributed by atoms with Gasteiger partial charge in [0.15, 0.2) is 0 Å². The molecule has 1 unspecified atom stereocenters. The maximum atomic E-state index is 12.7. The van der Waals surface area contributed by atoms with E-state index in [4.69, 9.17) is 22.8 Å². The first-order valence-electron chi connectivity index (χ1n) is 8.70. The summed E-state index contributed by atoms with van der Waals surface area (Å²) in [7, 11) is -0.637. The van der Waals surface area contributed by atoms with E-state index in [0.717, 1.165) is 12.1 Å². The largest absolute Gasteiger partial charge is 0.457 e. The topological polar surface area (TPSA) is 54.3 Å². The summed E-state index contributed by atoms with van der Waals surface area (Å²) >= 11 is 6.36. The van der Waals surface area contributed by atoms with Gasteiger partial charge in [0.05, 0.1) is 31.7 Å². The van der Waals surface area contributed by atoms with E-state index in [0.29, 0.717) is 27.1 Å². The van der Waals surface area contributed by atoms with Gasteiger partial charge in [-0.05, 0) is 43.7 Å². The number of hydrogen-bond acceptors (Lipinski definition) is 4. The molecule has 148 valence electrons. The van der Waals surface area contributed by atoms with E-state index in [1.807, 2.05) is 31.9 Å². The van der Waals surface area contributed by atoms with Crippen molar-refractivity contribution in [3.63, 3.8) is 0 Å². The molecule has 7 heteroatoms. The van der Waals surface area contributed by atoms with Gasteiger partial charge in [-0.1, -0.05) is 23.6 Å². The maximum absolute atomic E-state index is 12.7. The van der Waals surface area contributed by atoms with Gasteiger partial charge in [0.25, 0.3) is 0 Å². The van der Waals surface area contributed by atoms with Crippen LogP contribution in [0, 0.1) is 19.3 Å². The molecular formula is C21H24ClN3O2S. The van der Waals surface area contributed by atoms with Crippen LogP contribution in [0.3, 0.4) is 0 Å². The number of ether oxygens (including phenoxy) is 1. The number of terminal acetylenes is 1. The Kier molecular flexibility index (Phi) is 7.50. The Morgan fingerprint density at radius 3 is 2.79 bits per heavy atom. The van der Waals surface area contributed by atoms with E-state index in [-0.39, 0.29) is 6.54 Å². The highest BCUT2D eigenvalue weighted by atomic mass is 35.5. The lowest BCUT2D eigenvalue weighted by Gasteiger charge is -2.13. The van der Waals surface area contributed by atoms with E-state index in [1.54, 1.807) is 42.9 Å². The Hall–Kier alpha value is -2.49. The van der Waals surface area contributed by atoms with Crippen LogP contribution in [0.4, 0.5) is 5.69 Å². The second-order valence-electron chi connectivity index (χ2n) is 6.26. The van der Waals surface area contributed by atoms with Crippen molar-refractivity contribution in [3.05, 3.63) is 47.0 Å². The van der Waals surface area contributed by atoms with Gasteiger partial charge in [-0.15, -0.1) is 6.42 Å². The minimum Gasteiger partial charge on any atom is -0.457 e. The molecule has 5 nitrogen and oxygen atoms in total. The molecule has 0 saturated heterocycles. The van der Waals surface area contributed by atoms with Crippen LogP contribution in [0.25, 0.3) is 0 Å². The average Bonchev–Trinajstić information content (AvgIpc) is 2.67. The summed E-state index contributed by atoms with van der Waals surface area (Å²) in [5, 5.41) is 0.487. The number of aliphatic imine (C=N–C) groups is 1. The number of benzene rings is 2. The van der Waals surface area contributed by atoms with Gasteiger partial charge >= 0.3 is 0 Å². The second-order valence-corrected chi connectivity index (χ2v) is 9.00. The lowest BCUT2D eigenvalue weighted by atomic mass is 10.2. The molecule has 0 bridgehead atoms. The van der Waals surface area contributed by atoms with Crippen molar-refractivity contribution in [2.45, 2.75) is 18.7 Å². The maximum Gasteiger partial charge on any atom is 0.131 e. The molecule has 0 saturated carbocycles. The predicted molar refractivity (Wildman–Crippen MR) is 118 cm³/mol. The second kappa shape index (κ2) is 9.63. The highest BCUT2D eigenvalue weighted by molar-refractivity contribution is 7.93. The van der Waals surface area contributed by atoms with E-state index in [1.165, 1.54) is 0 Å². The first-order chi connectivity index (χ1) is 13.3. The molecule has 0 aromatic heterocycles. The molecule has 2 aromatic rings. The van der Waals surface area contributed by atoms with Crippen LogP contribution in [0.15, 0.2) is 50.6 Å². The summed E-state index contributed by atoms with van der Waals surface area (Å²) in [6.07, 6.45) is 8.52. The first kappa shape index (κ1) is 21.8. The molecule has 28 heavy (non-hydrogen) atoms. The molecule has 1 atom stereocenters. The Balaban J connectivity index is 2.31. The van der Waals surface area contributed by atoms with Crippen molar-refractivity contribution in [2.24, 2.45) is 9.36 Å². The monoisotopic (exact) mass is 417 g/mol. The lowest BCUT2D eigenvalue weighted by Crippen LogP contribution is -2.14. The van der Waals surface area contributed by atoms with E-state index < -0.39 is 9.73 Å². The molecule has 2 rings (SSSR count). The van der Waals surface area contributed by atoms with Crippen LogP contribution in [0.5, 0.6) is 11.5 Å². The van der Waals surface area contributed by atoms with Crippen LogP contribution in [-0.4, -0.2) is 41.8 Å². The predicted octanol–water partition coefficient (Wildman–Crippen LogP) is 5.14. The van der Waals surface area contributed by atoms with Crippen LogP contribution in [0.2, 0.25) is 5.02 Å². The minimum atomic E-state index is -2.58. The van der Waals surface area contributed by atoms with Gasteiger partial charge in [-0.2, -0.15) is 0 Å². The summed E-state index contributed by atoms with van der Waals surface area (Å²) in [4.78, 5) is 6.92. The molecule has 0 heterocycles. The number of halogens is 1. The number of nitrogens with zero attached hydrogens (tertiary/aromatic N) is 3. The van der Waals surface area contributed by atoms with E-state index >= 15 is 0 Å². The fourth-order valence-electron chi connectivity index (χ4n) is 2.23. The van der Waals surface area contributed by atoms with Gasteiger partial charge in [-0.3, -0.25) is 0 Å². The zero-order valence-corrected chi connectivity index (χ0v) is 18.0. The summed E-state index contributed by atoms with van der Waals surface area (Å²) in [5.41, 5.74) is 1.56. The summed E-state index contributed by atoms with van der Waals surface area (Å²) in [6, 6.07) is 10.6. The fourth-order valence-corrected chi connectivity index (χ4v) is 3.57. The Labute approximate surface area is 172 Å². The molecule has 2 aromatic carbocycles. The van der Waals surface area contributed by atoms with Gasteiger partial charge in [0, 0.05) is 25.9 Å². The van der Waals surface area contributed by atoms with Crippen molar-refractivity contribution < 1.29 is 8.95 Å². The van der Waals surface area contributed by atoms with Crippen molar-refractivity contribution in [2.75, 3.05) is 26.4 Å². The molecule has 0 aliphatic rings. The Bertz CT molecular complexity index is 1030. The molecule has 0 fully saturated rings. The average molecular weight is 418 g/mol. The molecule has 0 aliphatic carbocycles. The Morgan fingerprint density at radius 2 is 2.11 bits per heavy atom. The third kappa shape index (κ3) is 5.75. The molecule has 0 N–H and O–H groups in total. The summed E-state index contributed by atoms with van der Waals surface area (Å²) in [5.74, 6) is 3.53. The number of aryl methyl sites for hydroxylation is 1. The van der Waals surface area contributed by atoms with E-state index in [2.05, 4.69) is 15.3 Å². The fraction of sp³-hybridized carbons (Fsp3) is 0.286. The van der Waals surface area contributed by atoms with Crippen molar-refractivity contribution in [1.82, 2.24) is 4.90 Å². The zero-order valence-electron chi connectivity index (χ0n) is 16.5. The number of rotatable bonds is 7. The highest BCUT2D eigenvalue weighted by Gasteiger charge is 2.10. The van der Waals surface area contributed by atoms with Crippen LogP contribution >= 0.6 is 11.6 Å². The smallest absolute Gasteiger partial charge is 0.131 e. The quantitative estimate of drug-likeness (QED) is 0.356. The van der Waals surface area contributed by atoms with E-state index in [9.17, 15) is 4.21 Å². The summed E-state index contributed by atoms with van der Waals surface area (Å²) in [6.45, 7) is 4.91. The van der Waals surface area contributed by atoms with Crippen molar-refractivity contribution >= 4 is 33.4 Å². The Morgan fingerprint density at radius 1 is 1.36 bits per heavy atom. The van der Waals surface area contributed by atoms with Crippen LogP contribution in [0.1, 0.15) is 12.5 Å². The van der Waals surface area contributed by atoms with Crippen molar-refractivity contribution in [3.8, 4) is 23.8 Å². The first-order valence-corrected chi connectivity index (χ1v) is 11.0. The van der Waals surface area contributed by atoms with Crippen LogP contribution in [-0.2, 0) is 9.73 Å². The van der Waals surface area contributed by atoms with Gasteiger partial charge < -0.3 is 9.64 Å². The molecule has 0 aliphatic heterocycles. The lowest BCUT2D eigenvalue weighted by molar-refractivity contribution is 0.477. The molecule has 0 radical (unpaired) electrons. The van der Waals surface area contributed by atoms with Gasteiger partial charge in [-0.25, -0.2) is 13.6 Å². The highest BCUT2D eigenvalue weighted by Crippen LogP contribution is 2.35.